The third-order valence-electron chi connectivity index (χ3n) is 4.20. The molecule has 1 amide bonds. The Labute approximate surface area is 146 Å². The van der Waals surface area contributed by atoms with Crippen molar-refractivity contribution in [2.75, 3.05) is 13.2 Å². The number of hydrogen-bond donors (Lipinski definition) is 2. The summed E-state index contributed by atoms with van der Waals surface area (Å²) in [6.07, 6.45) is 1.67. The fourth-order valence-corrected chi connectivity index (χ4v) is 2.21. The molecule has 3 N–H and O–H groups in total. The number of carbonyl (C=O) groups is 1. The minimum Gasteiger partial charge on any atom is -0.483 e. The largest absolute Gasteiger partial charge is 0.483 e. The summed E-state index contributed by atoms with van der Waals surface area (Å²) in [6.45, 7) is 10.8. The lowest BCUT2D eigenvalue weighted by molar-refractivity contribution is -0.123. The van der Waals surface area contributed by atoms with E-state index >= 15 is 0 Å². The van der Waals surface area contributed by atoms with E-state index in [1.54, 1.807) is 0 Å². The van der Waals surface area contributed by atoms with E-state index in [-0.39, 0.29) is 30.5 Å². The lowest BCUT2D eigenvalue weighted by Gasteiger charge is -2.26. The fourth-order valence-electron chi connectivity index (χ4n) is 2.21. The second-order valence-corrected chi connectivity index (χ2v) is 6.33. The molecule has 0 saturated heterocycles. The van der Waals surface area contributed by atoms with Gasteiger partial charge in [0.2, 0.25) is 0 Å². The fraction of sp³-hybridized carbons (Fsp3) is 0.611. The molecule has 1 rings (SSSR count). The quantitative estimate of drug-likeness (QED) is 0.759. The summed E-state index contributed by atoms with van der Waals surface area (Å²) >= 11 is 0. The predicted octanol–water partition coefficient (Wildman–Crippen LogP) is 3.55. The van der Waals surface area contributed by atoms with E-state index in [4.69, 9.17) is 10.5 Å². The first-order chi connectivity index (χ1) is 10.3. The van der Waals surface area contributed by atoms with Crippen molar-refractivity contribution in [1.29, 1.82) is 0 Å². The summed E-state index contributed by atoms with van der Waals surface area (Å²) in [5.74, 6) is 1.01. The molecule has 0 saturated carbocycles. The van der Waals surface area contributed by atoms with Crippen molar-refractivity contribution in [2.45, 2.75) is 58.9 Å². The van der Waals surface area contributed by atoms with Crippen LogP contribution in [0.5, 0.6) is 5.75 Å². The SMILES string of the molecule is CCC(N)(CC)CNC(=O)COc1cc(C)ccc1C(C)C.Cl. The van der Waals surface area contributed by atoms with Gasteiger partial charge in [0.15, 0.2) is 6.61 Å². The van der Waals surface area contributed by atoms with Crippen LogP contribution in [0.25, 0.3) is 0 Å². The van der Waals surface area contributed by atoms with Crippen molar-refractivity contribution >= 4 is 18.3 Å². The first kappa shape index (κ1) is 21.7. The van der Waals surface area contributed by atoms with E-state index in [0.717, 1.165) is 29.7 Å². The number of benzene rings is 1. The first-order valence-corrected chi connectivity index (χ1v) is 8.10. The normalized spacial score (nSPS) is 11.1. The van der Waals surface area contributed by atoms with Crippen LogP contribution in [-0.4, -0.2) is 24.6 Å². The Morgan fingerprint density at radius 2 is 1.91 bits per heavy atom. The van der Waals surface area contributed by atoms with Gasteiger partial charge in [-0.1, -0.05) is 39.8 Å². The number of nitrogens with two attached hydrogens (primary N) is 1. The highest BCUT2D eigenvalue weighted by atomic mass is 35.5. The maximum atomic E-state index is 12.0. The Morgan fingerprint density at radius 1 is 1.30 bits per heavy atom. The molecule has 0 aromatic heterocycles. The second-order valence-electron chi connectivity index (χ2n) is 6.33. The topological polar surface area (TPSA) is 64.3 Å². The molecule has 0 unspecified atom stereocenters. The van der Waals surface area contributed by atoms with Gasteiger partial charge in [-0.15, -0.1) is 12.4 Å². The van der Waals surface area contributed by atoms with Crippen molar-refractivity contribution in [3.63, 3.8) is 0 Å². The van der Waals surface area contributed by atoms with Crippen molar-refractivity contribution in [3.8, 4) is 5.75 Å². The van der Waals surface area contributed by atoms with E-state index in [1.165, 1.54) is 0 Å². The van der Waals surface area contributed by atoms with Gasteiger partial charge in [0, 0.05) is 12.1 Å². The van der Waals surface area contributed by atoms with Crippen molar-refractivity contribution in [1.82, 2.24) is 5.32 Å². The van der Waals surface area contributed by atoms with Crippen LogP contribution in [0, 0.1) is 6.92 Å². The third kappa shape index (κ3) is 6.80. The molecule has 0 aliphatic rings. The molecule has 132 valence electrons. The molecule has 0 atom stereocenters. The van der Waals surface area contributed by atoms with E-state index in [9.17, 15) is 4.79 Å². The van der Waals surface area contributed by atoms with Crippen LogP contribution >= 0.6 is 12.4 Å². The minimum atomic E-state index is -0.331. The number of halogens is 1. The molecular weight excluding hydrogens is 312 g/mol. The standard InChI is InChI=1S/C18H30N2O2.ClH/c1-6-18(19,7-2)12-20-17(21)11-22-16-10-14(5)8-9-15(16)13(3)4;/h8-10,13H,6-7,11-12,19H2,1-5H3,(H,20,21);1H. The number of carbonyl (C=O) groups excluding carboxylic acids is 1. The molecule has 0 aliphatic carbocycles. The molecule has 23 heavy (non-hydrogen) atoms. The van der Waals surface area contributed by atoms with Gasteiger partial charge in [-0.3, -0.25) is 4.79 Å². The monoisotopic (exact) mass is 342 g/mol. The molecule has 0 fully saturated rings. The Bertz CT molecular complexity index is 500. The van der Waals surface area contributed by atoms with Gasteiger partial charge in [-0.05, 0) is 42.9 Å². The third-order valence-corrected chi connectivity index (χ3v) is 4.20. The zero-order chi connectivity index (χ0) is 16.8. The van der Waals surface area contributed by atoms with Gasteiger partial charge in [-0.25, -0.2) is 0 Å². The summed E-state index contributed by atoms with van der Waals surface area (Å²) in [5, 5.41) is 2.87. The van der Waals surface area contributed by atoms with Crippen LogP contribution in [0.1, 0.15) is 57.6 Å². The molecule has 5 heteroatoms. The average molecular weight is 343 g/mol. The molecular formula is C18H31ClN2O2. The van der Waals surface area contributed by atoms with Gasteiger partial charge in [0.25, 0.3) is 5.91 Å². The highest BCUT2D eigenvalue weighted by molar-refractivity contribution is 5.85. The van der Waals surface area contributed by atoms with Crippen molar-refractivity contribution in [3.05, 3.63) is 29.3 Å². The van der Waals surface area contributed by atoms with Crippen LogP contribution in [0.3, 0.4) is 0 Å². The Balaban J connectivity index is 0.00000484. The van der Waals surface area contributed by atoms with E-state index in [1.807, 2.05) is 26.8 Å². The molecule has 1 aromatic rings. The maximum absolute atomic E-state index is 12.0. The van der Waals surface area contributed by atoms with E-state index in [0.29, 0.717) is 12.5 Å². The number of rotatable bonds is 8. The second kappa shape index (κ2) is 9.78. The number of hydrogen-bond acceptors (Lipinski definition) is 3. The summed E-state index contributed by atoms with van der Waals surface area (Å²) in [6, 6.07) is 6.10. The number of aryl methyl sites for hydroxylation is 1. The van der Waals surface area contributed by atoms with E-state index < -0.39 is 0 Å². The summed E-state index contributed by atoms with van der Waals surface area (Å²) in [5.41, 5.74) is 8.09. The van der Waals surface area contributed by atoms with Crippen LogP contribution in [0.2, 0.25) is 0 Å². The summed E-state index contributed by atoms with van der Waals surface area (Å²) < 4.78 is 5.72. The van der Waals surface area contributed by atoms with Crippen LogP contribution in [-0.2, 0) is 4.79 Å². The lowest BCUT2D eigenvalue weighted by Crippen LogP contribution is -2.50. The van der Waals surface area contributed by atoms with Crippen molar-refractivity contribution < 1.29 is 9.53 Å². The van der Waals surface area contributed by atoms with Crippen LogP contribution in [0.4, 0.5) is 0 Å². The van der Waals surface area contributed by atoms with E-state index in [2.05, 4.69) is 31.3 Å². The Hall–Kier alpha value is -1.26. The predicted molar refractivity (Wildman–Crippen MR) is 98.5 cm³/mol. The Kier molecular flexibility index (Phi) is 9.25. The zero-order valence-corrected chi connectivity index (χ0v) is 15.8. The maximum Gasteiger partial charge on any atom is 0.258 e. The molecule has 1 aromatic carbocycles. The molecule has 0 radical (unpaired) electrons. The van der Waals surface area contributed by atoms with Gasteiger partial charge in [-0.2, -0.15) is 0 Å². The lowest BCUT2D eigenvalue weighted by atomic mass is 9.94. The van der Waals surface area contributed by atoms with Crippen molar-refractivity contribution in [2.24, 2.45) is 5.73 Å². The van der Waals surface area contributed by atoms with Crippen LogP contribution < -0.4 is 15.8 Å². The number of nitrogens with one attached hydrogen (secondary N) is 1. The molecule has 0 bridgehead atoms. The van der Waals surface area contributed by atoms with Gasteiger partial charge < -0.3 is 15.8 Å². The molecule has 0 spiro atoms. The summed E-state index contributed by atoms with van der Waals surface area (Å²) in [4.78, 5) is 12.0. The van der Waals surface area contributed by atoms with Gasteiger partial charge in [0.05, 0.1) is 0 Å². The highest BCUT2D eigenvalue weighted by Gasteiger charge is 2.21. The highest BCUT2D eigenvalue weighted by Crippen LogP contribution is 2.27. The first-order valence-electron chi connectivity index (χ1n) is 8.10. The molecule has 4 nitrogen and oxygen atoms in total. The number of amides is 1. The van der Waals surface area contributed by atoms with Gasteiger partial charge >= 0.3 is 0 Å². The Morgan fingerprint density at radius 3 is 2.43 bits per heavy atom. The van der Waals surface area contributed by atoms with Gasteiger partial charge in [0.1, 0.15) is 5.75 Å². The smallest absolute Gasteiger partial charge is 0.258 e. The minimum absolute atomic E-state index is 0. The average Bonchev–Trinajstić information content (AvgIpc) is 2.50. The number of ether oxygens (including phenoxy) is 1. The van der Waals surface area contributed by atoms with Crippen LogP contribution in [0.15, 0.2) is 18.2 Å². The summed E-state index contributed by atoms with van der Waals surface area (Å²) in [7, 11) is 0. The molecule has 0 aliphatic heterocycles. The molecule has 0 heterocycles. The zero-order valence-electron chi connectivity index (χ0n) is 14.9.